The molecule has 0 spiro atoms. The van der Waals surface area contributed by atoms with Gasteiger partial charge < -0.3 is 8.40 Å². The van der Waals surface area contributed by atoms with Gasteiger partial charge >= 0.3 is 14.8 Å². The molecule has 0 saturated heterocycles. The average Bonchev–Trinajstić information content (AvgIpc) is 0.811. The van der Waals surface area contributed by atoms with Crippen LogP contribution in [-0.2, 0) is 22.4 Å². The summed E-state index contributed by atoms with van der Waals surface area (Å²) in [5.74, 6) is 0. The first kappa shape index (κ1) is 9.44. The van der Waals surface area contributed by atoms with Crippen molar-refractivity contribution in [1.29, 1.82) is 0 Å². The summed E-state index contributed by atoms with van der Waals surface area (Å²) in [6, 6.07) is 0. The molecule has 5 heteroatoms. The molecule has 0 aliphatic carbocycles. The molecular formula is HAgBrO3. The fraction of sp³-hybridized carbons (Fsp3) is 0. The van der Waals surface area contributed by atoms with Crippen LogP contribution in [0.4, 0.5) is 0 Å². The van der Waals surface area contributed by atoms with E-state index in [0.717, 1.165) is 0 Å². The van der Waals surface area contributed by atoms with Gasteiger partial charge in [-0.1, -0.05) is 0 Å². The van der Waals surface area contributed by atoms with Gasteiger partial charge in [-0.2, -0.15) is 0 Å². The monoisotopic (exact) mass is 235 g/mol. The second kappa shape index (κ2) is 5.10. The smallest absolute Gasteiger partial charge is 0.372 e. The summed E-state index contributed by atoms with van der Waals surface area (Å²) in [6.45, 7) is 0. The third-order valence-electron chi connectivity index (χ3n) is 0. The minimum atomic E-state index is -3.40. The minimum Gasteiger partial charge on any atom is -0.372 e. The maximum Gasteiger partial charge on any atom is 0.433 e. The van der Waals surface area contributed by atoms with Crippen molar-refractivity contribution in [1.82, 2.24) is 0 Å². The molecule has 0 aromatic rings. The van der Waals surface area contributed by atoms with E-state index in [0.29, 0.717) is 0 Å². The van der Waals surface area contributed by atoms with Crippen LogP contribution in [-0.4, -0.2) is 4.20 Å². The van der Waals surface area contributed by atoms with Crippen LogP contribution >= 0.6 is 0 Å². The van der Waals surface area contributed by atoms with E-state index >= 15 is 0 Å². The van der Waals surface area contributed by atoms with Crippen LogP contribution in [0.25, 0.3) is 0 Å². The first-order valence-electron chi connectivity index (χ1n) is 0.478. The van der Waals surface area contributed by atoms with Crippen LogP contribution in [0.15, 0.2) is 0 Å². The summed E-state index contributed by atoms with van der Waals surface area (Å²) in [6.07, 6.45) is 0. The molecule has 0 atom stereocenters. The molecular weight excluding hydrogens is 236 g/mol. The van der Waals surface area contributed by atoms with E-state index < -0.39 is 14.8 Å². The molecule has 5 heavy (non-hydrogen) atoms. The number of halogens is 1. The summed E-state index contributed by atoms with van der Waals surface area (Å²) in [4.78, 5) is 0. The fourth-order valence-corrected chi connectivity index (χ4v) is 0. The second-order valence-electron chi connectivity index (χ2n) is 0.201. The van der Waals surface area contributed by atoms with Gasteiger partial charge in [0, 0.05) is 22.4 Å². The molecule has 1 N–H and O–H groups in total. The summed E-state index contributed by atoms with van der Waals surface area (Å²) >= 11 is -3.40. The van der Waals surface area contributed by atoms with Gasteiger partial charge in [0.2, 0.25) is 0 Å². The van der Waals surface area contributed by atoms with Gasteiger partial charge in [0.15, 0.2) is 0 Å². The Bertz CT molecular complexity index is 11.6. The molecule has 0 aromatic carbocycles. The number of hydrogen-bond donors (Lipinski definition) is 1. The van der Waals surface area contributed by atoms with Crippen molar-refractivity contribution >= 4 is 0 Å². The third-order valence-corrected chi connectivity index (χ3v) is 0. The Balaban J connectivity index is 0. The Morgan fingerprint density at radius 1 is 1.40 bits per heavy atom. The zero-order valence-electron chi connectivity index (χ0n) is 1.94. The van der Waals surface area contributed by atoms with Gasteiger partial charge in [0.1, 0.15) is 0 Å². The molecule has 1 radical (unpaired) electrons. The average molecular weight is 237 g/mol. The van der Waals surface area contributed by atoms with Crippen molar-refractivity contribution < 1.29 is 49.8 Å². The zero-order chi connectivity index (χ0) is 3.58. The Hall–Kier alpha value is 1.10. The van der Waals surface area contributed by atoms with Gasteiger partial charge in [0.05, 0.1) is 0 Å². The van der Waals surface area contributed by atoms with Crippen LogP contribution in [0.3, 0.4) is 0 Å². The quantitative estimate of drug-likeness (QED) is 0.458. The molecule has 37 valence electrons. The van der Waals surface area contributed by atoms with Crippen molar-refractivity contribution in [2.24, 2.45) is 0 Å². The molecule has 0 aromatic heterocycles. The summed E-state index contributed by atoms with van der Waals surface area (Å²) in [7, 11) is 0. The topological polar surface area (TPSA) is 66.3 Å². The molecule has 0 bridgehead atoms. The maximum absolute atomic E-state index is 8.63. The van der Waals surface area contributed by atoms with Crippen molar-refractivity contribution in [2.75, 3.05) is 0 Å². The Morgan fingerprint density at radius 2 is 1.40 bits per heavy atom. The molecule has 0 aliphatic heterocycles. The summed E-state index contributed by atoms with van der Waals surface area (Å²) in [5.41, 5.74) is 0. The molecule has 0 unspecified atom stereocenters. The molecule has 0 heterocycles. The van der Waals surface area contributed by atoms with Crippen molar-refractivity contribution in [2.45, 2.75) is 0 Å². The number of rotatable bonds is 0. The largest absolute Gasteiger partial charge is 0.433 e. The summed E-state index contributed by atoms with van der Waals surface area (Å²) in [5, 5.41) is 0. The van der Waals surface area contributed by atoms with Gasteiger partial charge in [-0.05, 0) is 4.20 Å². The molecule has 0 saturated carbocycles. The van der Waals surface area contributed by atoms with E-state index in [4.69, 9.17) is 12.6 Å². The fourth-order valence-electron chi connectivity index (χ4n) is 0. The van der Waals surface area contributed by atoms with E-state index in [1.165, 1.54) is 0 Å². The van der Waals surface area contributed by atoms with Crippen LogP contribution in [0, 0.1) is 14.8 Å². The van der Waals surface area contributed by atoms with E-state index in [1.807, 2.05) is 0 Å². The first-order chi connectivity index (χ1) is 1.73. The van der Waals surface area contributed by atoms with Crippen LogP contribution in [0.2, 0.25) is 0 Å². The number of hydrogen-bond acceptors (Lipinski definition) is 3. The normalized spacial score (nSPS) is 7.20. The Kier molecular flexibility index (Phi) is 9.63. The van der Waals surface area contributed by atoms with E-state index in [2.05, 4.69) is 0 Å². The van der Waals surface area contributed by atoms with Crippen LogP contribution in [0.5, 0.6) is 0 Å². The molecule has 0 rings (SSSR count). The van der Waals surface area contributed by atoms with Crippen molar-refractivity contribution in [3.63, 3.8) is 0 Å². The van der Waals surface area contributed by atoms with Gasteiger partial charge in [-0.3, -0.25) is 0 Å². The molecule has 0 aliphatic rings. The predicted octanol–water partition coefficient (Wildman–Crippen LogP) is -2.94. The molecule has 3 nitrogen and oxygen atoms in total. The van der Waals surface area contributed by atoms with Crippen molar-refractivity contribution in [3.8, 4) is 0 Å². The first-order valence-corrected chi connectivity index (χ1v) is 2.48. The van der Waals surface area contributed by atoms with Crippen LogP contribution in [0.1, 0.15) is 0 Å². The second-order valence-corrected chi connectivity index (χ2v) is 1.04. The Morgan fingerprint density at radius 3 is 1.40 bits per heavy atom. The molecule has 0 amide bonds. The SMILES string of the molecule is [Ag].[O-][Br+2]([O-])O. The van der Waals surface area contributed by atoms with E-state index in [1.54, 1.807) is 0 Å². The minimum absolute atomic E-state index is 0. The van der Waals surface area contributed by atoms with Gasteiger partial charge in [-0.15, -0.1) is 0 Å². The van der Waals surface area contributed by atoms with Gasteiger partial charge in [0.25, 0.3) is 0 Å². The zero-order valence-corrected chi connectivity index (χ0v) is 5.01. The predicted molar refractivity (Wildman–Crippen MR) is 2.22 cm³/mol. The van der Waals surface area contributed by atoms with E-state index in [-0.39, 0.29) is 22.4 Å². The summed E-state index contributed by atoms with van der Waals surface area (Å²) < 4.78 is 24.3. The standard InChI is InChI=1S/Ag.BrHO3/c;2-1(3)4/h;2H. The van der Waals surface area contributed by atoms with Crippen molar-refractivity contribution in [3.05, 3.63) is 0 Å². The Labute approximate surface area is 50.0 Å². The molecule has 0 fully saturated rings. The maximum atomic E-state index is 8.63. The van der Waals surface area contributed by atoms with E-state index in [9.17, 15) is 0 Å². The third kappa shape index (κ3) is 40.5. The van der Waals surface area contributed by atoms with Crippen LogP contribution < -0.4 is 8.40 Å². The van der Waals surface area contributed by atoms with Gasteiger partial charge in [-0.25, -0.2) is 0 Å².